The van der Waals surface area contributed by atoms with Crippen LogP contribution in [0.5, 0.6) is 0 Å². The van der Waals surface area contributed by atoms with Crippen molar-refractivity contribution < 1.29 is 9.13 Å². The molecule has 0 saturated heterocycles. The minimum atomic E-state index is -0.321. The smallest absolute Gasteiger partial charge is 0.114 e. The van der Waals surface area contributed by atoms with Crippen LogP contribution in [-0.4, -0.2) is 7.11 Å². The van der Waals surface area contributed by atoms with Crippen molar-refractivity contribution in [3.05, 3.63) is 22.7 Å². The van der Waals surface area contributed by atoms with E-state index in [2.05, 4.69) is 0 Å². The lowest BCUT2D eigenvalue weighted by molar-refractivity contribution is 0.279. The number of ether oxygens (including phenoxy) is 1. The molecule has 0 rings (SSSR count). The van der Waals surface area contributed by atoms with Crippen LogP contribution in [0, 0.1) is 0 Å². The Labute approximate surface area is 71.5 Å². The molecule has 0 unspecified atom stereocenters. The maximum absolute atomic E-state index is 12.3. The van der Waals surface area contributed by atoms with Gasteiger partial charge in [0.25, 0.3) is 0 Å². The van der Waals surface area contributed by atoms with Gasteiger partial charge in [-0.3, -0.25) is 0 Å². The predicted molar refractivity (Wildman–Crippen MR) is 45.0 cm³/mol. The first-order valence-electron chi connectivity index (χ1n) is 3.38. The van der Waals surface area contributed by atoms with Gasteiger partial charge in [-0.15, -0.1) is 0 Å². The molecule has 11 heavy (non-hydrogen) atoms. The zero-order chi connectivity index (χ0) is 8.85. The van der Waals surface area contributed by atoms with Crippen LogP contribution >= 0.6 is 11.6 Å². The fourth-order valence-electron chi connectivity index (χ4n) is 0.666. The van der Waals surface area contributed by atoms with Crippen LogP contribution < -0.4 is 0 Å². The van der Waals surface area contributed by atoms with Crippen molar-refractivity contribution in [1.82, 2.24) is 0 Å². The van der Waals surface area contributed by atoms with E-state index in [-0.39, 0.29) is 5.83 Å². The van der Waals surface area contributed by atoms with Gasteiger partial charge in [0, 0.05) is 6.42 Å². The van der Waals surface area contributed by atoms with Crippen LogP contribution in [0.3, 0.4) is 0 Å². The molecule has 0 radical (unpaired) electrons. The minimum Gasteiger partial charge on any atom is -0.500 e. The van der Waals surface area contributed by atoms with Gasteiger partial charge in [-0.1, -0.05) is 18.5 Å². The highest BCUT2D eigenvalue weighted by Gasteiger charge is 1.99. The second-order valence-electron chi connectivity index (χ2n) is 2.06. The molecule has 0 aromatic rings. The van der Waals surface area contributed by atoms with E-state index < -0.39 is 0 Å². The Bertz CT molecular complexity index is 175. The summed E-state index contributed by atoms with van der Waals surface area (Å²) in [5, 5.41) is 0.329. The van der Waals surface area contributed by atoms with E-state index in [1.807, 2.05) is 6.92 Å². The number of methoxy groups -OCH3 is 1. The van der Waals surface area contributed by atoms with E-state index in [0.717, 1.165) is 0 Å². The topological polar surface area (TPSA) is 9.23 Å². The summed E-state index contributed by atoms with van der Waals surface area (Å²) in [6.07, 6.45) is 1.91. The van der Waals surface area contributed by atoms with Gasteiger partial charge in [0.1, 0.15) is 5.76 Å². The zero-order valence-corrected chi connectivity index (χ0v) is 7.70. The second-order valence-corrected chi connectivity index (χ2v) is 2.47. The van der Waals surface area contributed by atoms with E-state index in [0.29, 0.717) is 17.2 Å². The molecular formula is C8H12ClFO. The molecule has 0 aliphatic heterocycles. The summed E-state index contributed by atoms with van der Waals surface area (Å²) in [5.41, 5.74) is 0. The normalized spacial score (nSPS) is 14.5. The molecule has 0 aromatic carbocycles. The molecule has 0 saturated carbocycles. The standard InChI is InChI=1S/C8H12ClFO/c1-4-8(11-3)7(9)5-6(2)10/h5H,4H2,1-3H3/b6-5+,8-7-. The van der Waals surface area contributed by atoms with E-state index in [9.17, 15) is 4.39 Å². The summed E-state index contributed by atoms with van der Waals surface area (Å²) in [7, 11) is 1.52. The van der Waals surface area contributed by atoms with Gasteiger partial charge in [0.2, 0.25) is 0 Å². The lowest BCUT2D eigenvalue weighted by Gasteiger charge is -2.02. The van der Waals surface area contributed by atoms with Crippen LogP contribution in [0.4, 0.5) is 4.39 Å². The molecule has 1 nitrogen and oxygen atoms in total. The first-order chi connectivity index (χ1) is 5.11. The third-order valence-corrected chi connectivity index (χ3v) is 1.48. The zero-order valence-electron chi connectivity index (χ0n) is 6.95. The lowest BCUT2D eigenvalue weighted by Crippen LogP contribution is -1.86. The largest absolute Gasteiger partial charge is 0.500 e. The maximum atomic E-state index is 12.3. The van der Waals surface area contributed by atoms with Crippen molar-refractivity contribution in [3.63, 3.8) is 0 Å². The Hall–Kier alpha value is -0.500. The first-order valence-corrected chi connectivity index (χ1v) is 3.76. The maximum Gasteiger partial charge on any atom is 0.114 e. The SMILES string of the molecule is CC/C(OC)=C(Cl)\C=C(/C)F. The first kappa shape index (κ1) is 10.5. The van der Waals surface area contributed by atoms with Crippen molar-refractivity contribution in [2.75, 3.05) is 7.11 Å². The van der Waals surface area contributed by atoms with Crippen molar-refractivity contribution in [3.8, 4) is 0 Å². The molecule has 64 valence electrons. The van der Waals surface area contributed by atoms with Gasteiger partial charge in [-0.2, -0.15) is 0 Å². The van der Waals surface area contributed by atoms with Crippen molar-refractivity contribution in [2.45, 2.75) is 20.3 Å². The molecule has 0 spiro atoms. The summed E-state index contributed by atoms with van der Waals surface area (Å²) < 4.78 is 17.2. The van der Waals surface area contributed by atoms with Gasteiger partial charge >= 0.3 is 0 Å². The fourth-order valence-corrected chi connectivity index (χ4v) is 1.03. The number of hydrogen-bond acceptors (Lipinski definition) is 1. The number of hydrogen-bond donors (Lipinski definition) is 0. The lowest BCUT2D eigenvalue weighted by atomic mass is 10.3. The summed E-state index contributed by atoms with van der Waals surface area (Å²) in [4.78, 5) is 0. The van der Waals surface area contributed by atoms with Crippen molar-refractivity contribution in [2.24, 2.45) is 0 Å². The number of allylic oxidation sites excluding steroid dienone is 4. The highest BCUT2D eigenvalue weighted by Crippen LogP contribution is 2.16. The van der Waals surface area contributed by atoms with E-state index >= 15 is 0 Å². The Morgan fingerprint density at radius 1 is 1.64 bits per heavy atom. The van der Waals surface area contributed by atoms with E-state index in [1.54, 1.807) is 0 Å². The molecule has 0 bridgehead atoms. The average Bonchev–Trinajstić information content (AvgIpc) is 1.88. The molecule has 0 aliphatic carbocycles. The van der Waals surface area contributed by atoms with Crippen molar-refractivity contribution in [1.29, 1.82) is 0 Å². The molecule has 0 heterocycles. The highest BCUT2D eigenvalue weighted by atomic mass is 35.5. The van der Waals surface area contributed by atoms with Gasteiger partial charge in [-0.25, -0.2) is 4.39 Å². The summed E-state index contributed by atoms with van der Waals surface area (Å²) in [5.74, 6) is 0.279. The molecule has 0 aromatic heterocycles. The fraction of sp³-hybridized carbons (Fsp3) is 0.500. The number of rotatable bonds is 3. The van der Waals surface area contributed by atoms with E-state index in [4.69, 9.17) is 16.3 Å². The highest BCUT2D eigenvalue weighted by molar-refractivity contribution is 6.31. The Morgan fingerprint density at radius 3 is 2.45 bits per heavy atom. The minimum absolute atomic E-state index is 0.321. The third kappa shape index (κ3) is 4.04. The molecule has 3 heteroatoms. The Balaban J connectivity index is 4.48. The molecule has 0 atom stereocenters. The molecule has 0 N–H and O–H groups in total. The Kier molecular flexibility index (Phi) is 4.95. The summed E-state index contributed by atoms with van der Waals surface area (Å²) in [6, 6.07) is 0. The van der Waals surface area contributed by atoms with Crippen molar-refractivity contribution >= 4 is 11.6 Å². The Morgan fingerprint density at radius 2 is 2.18 bits per heavy atom. The molecule has 0 amide bonds. The van der Waals surface area contributed by atoms with Gasteiger partial charge in [0.15, 0.2) is 0 Å². The molecular weight excluding hydrogens is 167 g/mol. The van der Waals surface area contributed by atoms with Crippen LogP contribution in [0.25, 0.3) is 0 Å². The summed E-state index contributed by atoms with van der Waals surface area (Å²) in [6.45, 7) is 3.23. The van der Waals surface area contributed by atoms with Gasteiger partial charge in [-0.05, 0) is 13.0 Å². The summed E-state index contributed by atoms with van der Waals surface area (Å²) >= 11 is 5.68. The van der Waals surface area contributed by atoms with Crippen LogP contribution in [0.1, 0.15) is 20.3 Å². The van der Waals surface area contributed by atoms with Gasteiger partial charge < -0.3 is 4.74 Å². The van der Waals surface area contributed by atoms with Crippen LogP contribution in [0.15, 0.2) is 22.7 Å². The van der Waals surface area contributed by atoms with E-state index in [1.165, 1.54) is 20.1 Å². The molecule has 0 aliphatic rings. The monoisotopic (exact) mass is 178 g/mol. The predicted octanol–water partition coefficient (Wildman–Crippen LogP) is 3.37. The number of halogens is 2. The van der Waals surface area contributed by atoms with Crippen LogP contribution in [0.2, 0.25) is 0 Å². The average molecular weight is 179 g/mol. The quantitative estimate of drug-likeness (QED) is 0.476. The third-order valence-electron chi connectivity index (χ3n) is 1.16. The second kappa shape index (κ2) is 5.19. The van der Waals surface area contributed by atoms with Crippen LogP contribution in [-0.2, 0) is 4.74 Å². The van der Waals surface area contributed by atoms with Gasteiger partial charge in [0.05, 0.1) is 18.0 Å². The molecule has 0 fully saturated rings.